The van der Waals surface area contributed by atoms with Crippen LogP contribution in [0.2, 0.25) is 0 Å². The summed E-state index contributed by atoms with van der Waals surface area (Å²) in [5.74, 6) is -0.125. The van der Waals surface area contributed by atoms with E-state index in [1.54, 1.807) is 6.08 Å². The van der Waals surface area contributed by atoms with Crippen LogP contribution in [0.3, 0.4) is 0 Å². The first kappa shape index (κ1) is 10.7. The molecule has 76 valence electrons. The summed E-state index contributed by atoms with van der Waals surface area (Å²) in [5, 5.41) is 18.5. The lowest BCUT2D eigenvalue weighted by molar-refractivity contribution is -0.138. The van der Waals surface area contributed by atoms with E-state index in [4.69, 9.17) is 14.6 Å². The highest BCUT2D eigenvalue weighted by atomic mass is 16.7. The van der Waals surface area contributed by atoms with E-state index in [9.17, 15) is 5.11 Å². The molecule has 2 N–H and O–H groups in total. The van der Waals surface area contributed by atoms with Crippen LogP contribution in [-0.2, 0) is 9.47 Å². The molecule has 0 amide bonds. The van der Waals surface area contributed by atoms with Crippen molar-refractivity contribution in [2.45, 2.75) is 24.9 Å². The maximum atomic E-state index is 9.67. The SMILES string of the molecule is C=CC[C@@H]1[C@@H](OC)O[C@H](CO)[C@H]1O. The number of hydrogen-bond acceptors (Lipinski definition) is 4. The Morgan fingerprint density at radius 1 is 1.62 bits per heavy atom. The molecule has 0 aromatic heterocycles. The molecule has 0 aliphatic carbocycles. The highest BCUT2D eigenvalue weighted by Crippen LogP contribution is 2.30. The van der Waals surface area contributed by atoms with Gasteiger partial charge < -0.3 is 19.7 Å². The standard InChI is InChI=1S/C9H16O4/c1-3-4-6-8(11)7(5-10)13-9(6)12-2/h3,6-11H,1,4-5H2,2H3/t6-,7+,8-,9-/m0/s1. The van der Waals surface area contributed by atoms with Crippen LogP contribution in [0, 0.1) is 5.92 Å². The van der Waals surface area contributed by atoms with Gasteiger partial charge in [0.25, 0.3) is 0 Å². The summed E-state index contributed by atoms with van der Waals surface area (Å²) in [6.07, 6.45) is 0.687. The number of rotatable bonds is 4. The highest BCUT2D eigenvalue weighted by molar-refractivity contribution is 4.90. The van der Waals surface area contributed by atoms with Crippen LogP contribution in [0.4, 0.5) is 0 Å². The smallest absolute Gasteiger partial charge is 0.163 e. The fraction of sp³-hybridized carbons (Fsp3) is 0.778. The lowest BCUT2D eigenvalue weighted by Crippen LogP contribution is -2.29. The van der Waals surface area contributed by atoms with Gasteiger partial charge in [0.05, 0.1) is 12.7 Å². The van der Waals surface area contributed by atoms with E-state index in [0.717, 1.165) is 0 Å². The summed E-state index contributed by atoms with van der Waals surface area (Å²) in [6.45, 7) is 3.41. The van der Waals surface area contributed by atoms with Crippen molar-refractivity contribution in [2.24, 2.45) is 5.92 Å². The van der Waals surface area contributed by atoms with Gasteiger partial charge >= 0.3 is 0 Å². The predicted molar refractivity (Wildman–Crippen MR) is 47.1 cm³/mol. The summed E-state index contributed by atoms with van der Waals surface area (Å²) >= 11 is 0. The minimum Gasteiger partial charge on any atom is -0.394 e. The normalized spacial score (nSPS) is 39.3. The molecule has 0 unspecified atom stereocenters. The van der Waals surface area contributed by atoms with Crippen LogP contribution in [-0.4, -0.2) is 42.4 Å². The molecule has 0 radical (unpaired) electrons. The van der Waals surface area contributed by atoms with E-state index in [-0.39, 0.29) is 12.5 Å². The molecule has 4 atom stereocenters. The Bertz CT molecular complexity index is 169. The molecule has 1 aliphatic rings. The Hall–Kier alpha value is -0.420. The topological polar surface area (TPSA) is 58.9 Å². The van der Waals surface area contributed by atoms with Gasteiger partial charge in [-0.15, -0.1) is 6.58 Å². The molecule has 13 heavy (non-hydrogen) atoms. The van der Waals surface area contributed by atoms with Crippen LogP contribution in [0.1, 0.15) is 6.42 Å². The quantitative estimate of drug-likeness (QED) is 0.605. The van der Waals surface area contributed by atoms with Gasteiger partial charge in [-0.3, -0.25) is 0 Å². The van der Waals surface area contributed by atoms with Crippen molar-refractivity contribution in [3.8, 4) is 0 Å². The second kappa shape index (κ2) is 4.72. The Labute approximate surface area is 77.8 Å². The number of methoxy groups -OCH3 is 1. The van der Waals surface area contributed by atoms with Crippen molar-refractivity contribution in [2.75, 3.05) is 13.7 Å². The molecule has 0 saturated carbocycles. The Kier molecular flexibility index (Phi) is 3.87. The molecular formula is C9H16O4. The van der Waals surface area contributed by atoms with Gasteiger partial charge in [0.2, 0.25) is 0 Å². The van der Waals surface area contributed by atoms with Crippen LogP contribution in [0.15, 0.2) is 12.7 Å². The second-order valence-corrected chi connectivity index (χ2v) is 3.14. The van der Waals surface area contributed by atoms with Gasteiger partial charge in [-0.25, -0.2) is 0 Å². The average Bonchev–Trinajstić information content (AvgIpc) is 2.45. The van der Waals surface area contributed by atoms with E-state index in [1.807, 2.05) is 0 Å². The minimum absolute atomic E-state index is 0.125. The third-order valence-corrected chi connectivity index (χ3v) is 2.33. The summed E-state index contributed by atoms with van der Waals surface area (Å²) in [5.41, 5.74) is 0. The molecule has 0 aromatic rings. The van der Waals surface area contributed by atoms with Gasteiger partial charge in [-0.2, -0.15) is 0 Å². The summed E-state index contributed by atoms with van der Waals surface area (Å²) < 4.78 is 10.3. The average molecular weight is 188 g/mol. The molecular weight excluding hydrogens is 172 g/mol. The largest absolute Gasteiger partial charge is 0.394 e. The maximum Gasteiger partial charge on any atom is 0.163 e. The van der Waals surface area contributed by atoms with Crippen molar-refractivity contribution in [1.82, 2.24) is 0 Å². The third kappa shape index (κ3) is 2.08. The van der Waals surface area contributed by atoms with Crippen molar-refractivity contribution >= 4 is 0 Å². The predicted octanol–water partition coefficient (Wildman–Crippen LogP) is -0.0968. The maximum absolute atomic E-state index is 9.67. The van der Waals surface area contributed by atoms with Gasteiger partial charge in [-0.1, -0.05) is 6.08 Å². The molecule has 1 heterocycles. The lowest BCUT2D eigenvalue weighted by Gasteiger charge is -2.16. The zero-order valence-corrected chi connectivity index (χ0v) is 7.72. The zero-order valence-electron chi connectivity index (χ0n) is 7.72. The van der Waals surface area contributed by atoms with Crippen molar-refractivity contribution in [1.29, 1.82) is 0 Å². The molecule has 4 heteroatoms. The van der Waals surface area contributed by atoms with Crippen LogP contribution in [0.5, 0.6) is 0 Å². The van der Waals surface area contributed by atoms with E-state index in [1.165, 1.54) is 7.11 Å². The second-order valence-electron chi connectivity index (χ2n) is 3.14. The fourth-order valence-corrected chi connectivity index (χ4v) is 1.61. The monoisotopic (exact) mass is 188 g/mol. The van der Waals surface area contributed by atoms with Crippen molar-refractivity contribution in [3.63, 3.8) is 0 Å². The van der Waals surface area contributed by atoms with Crippen LogP contribution in [0.25, 0.3) is 0 Å². The fourth-order valence-electron chi connectivity index (χ4n) is 1.61. The molecule has 1 fully saturated rings. The first-order chi connectivity index (χ1) is 6.24. The first-order valence-corrected chi connectivity index (χ1v) is 4.32. The van der Waals surface area contributed by atoms with E-state index in [2.05, 4.69) is 6.58 Å². The number of allylic oxidation sites excluding steroid dienone is 1. The molecule has 1 rings (SSSR count). The van der Waals surface area contributed by atoms with Gasteiger partial charge in [0, 0.05) is 13.0 Å². The Balaban J connectivity index is 2.61. The number of hydrogen-bond donors (Lipinski definition) is 2. The number of aliphatic hydroxyl groups is 2. The number of aliphatic hydroxyl groups excluding tert-OH is 2. The third-order valence-electron chi connectivity index (χ3n) is 2.33. The van der Waals surface area contributed by atoms with Gasteiger partial charge in [0.15, 0.2) is 6.29 Å². The summed E-state index contributed by atoms with van der Waals surface area (Å²) in [4.78, 5) is 0. The van der Waals surface area contributed by atoms with Crippen LogP contribution >= 0.6 is 0 Å². The van der Waals surface area contributed by atoms with Crippen molar-refractivity contribution in [3.05, 3.63) is 12.7 Å². The van der Waals surface area contributed by atoms with Gasteiger partial charge in [0.1, 0.15) is 6.10 Å². The van der Waals surface area contributed by atoms with Crippen molar-refractivity contribution < 1.29 is 19.7 Å². The zero-order chi connectivity index (χ0) is 9.84. The molecule has 0 spiro atoms. The van der Waals surface area contributed by atoms with E-state index >= 15 is 0 Å². The molecule has 4 nitrogen and oxygen atoms in total. The molecule has 0 aromatic carbocycles. The van der Waals surface area contributed by atoms with Gasteiger partial charge in [-0.05, 0) is 6.42 Å². The summed E-state index contributed by atoms with van der Waals surface area (Å²) in [7, 11) is 1.52. The van der Waals surface area contributed by atoms with E-state index in [0.29, 0.717) is 6.42 Å². The highest BCUT2D eigenvalue weighted by Gasteiger charge is 2.42. The van der Waals surface area contributed by atoms with Crippen LogP contribution < -0.4 is 0 Å². The Morgan fingerprint density at radius 2 is 2.31 bits per heavy atom. The summed E-state index contributed by atoms with van der Waals surface area (Å²) in [6, 6.07) is 0. The Morgan fingerprint density at radius 3 is 2.77 bits per heavy atom. The minimum atomic E-state index is -0.673. The molecule has 1 aliphatic heterocycles. The molecule has 0 bridgehead atoms. The molecule has 1 saturated heterocycles. The lowest BCUT2D eigenvalue weighted by atomic mass is 9.97. The van der Waals surface area contributed by atoms with E-state index < -0.39 is 18.5 Å². The number of ether oxygens (including phenoxy) is 2. The first-order valence-electron chi connectivity index (χ1n) is 4.32.